The van der Waals surface area contributed by atoms with Crippen LogP contribution in [0.2, 0.25) is 0 Å². The molecule has 1 atom stereocenters. The van der Waals surface area contributed by atoms with E-state index >= 15 is 0 Å². The third kappa shape index (κ3) is 4.60. The Balaban J connectivity index is 2.66. The first-order valence-corrected chi connectivity index (χ1v) is 5.67. The van der Waals surface area contributed by atoms with E-state index in [1.54, 1.807) is 33.8 Å². The number of aromatic nitrogens is 2. The van der Waals surface area contributed by atoms with Crippen LogP contribution >= 0.6 is 0 Å². The Morgan fingerprint density at radius 3 is 2.67 bits per heavy atom. The van der Waals surface area contributed by atoms with Crippen molar-refractivity contribution in [3.8, 4) is 23.6 Å². The van der Waals surface area contributed by atoms with Gasteiger partial charge in [-0.25, -0.2) is 9.97 Å². The van der Waals surface area contributed by atoms with Gasteiger partial charge in [0.15, 0.2) is 6.61 Å². The van der Waals surface area contributed by atoms with Crippen molar-refractivity contribution in [3.63, 3.8) is 0 Å². The maximum Gasteiger partial charge on any atom is 0.221 e. The maximum atomic E-state index is 9.77. The summed E-state index contributed by atoms with van der Waals surface area (Å²) in [6.45, 7) is 7.13. The van der Waals surface area contributed by atoms with E-state index in [1.807, 2.05) is 0 Å². The number of rotatable bonds is 5. The van der Waals surface area contributed by atoms with Crippen LogP contribution in [0, 0.1) is 11.8 Å². The van der Waals surface area contributed by atoms with Gasteiger partial charge in [-0.3, -0.25) is 0 Å². The molecule has 98 valence electrons. The molecule has 0 aliphatic carbocycles. The summed E-state index contributed by atoms with van der Waals surface area (Å²) in [7, 11) is 0. The highest BCUT2D eigenvalue weighted by molar-refractivity contribution is 5.19. The lowest BCUT2D eigenvalue weighted by Crippen LogP contribution is -2.38. The van der Waals surface area contributed by atoms with E-state index in [0.29, 0.717) is 11.8 Å². The predicted octanol–water partition coefficient (Wildman–Crippen LogP) is 1.42. The zero-order valence-electron chi connectivity index (χ0n) is 11.1. The van der Waals surface area contributed by atoms with Crippen LogP contribution in [0.15, 0.2) is 12.4 Å². The van der Waals surface area contributed by atoms with Crippen molar-refractivity contribution in [1.82, 2.24) is 9.97 Å². The summed E-state index contributed by atoms with van der Waals surface area (Å²) in [5.41, 5.74) is -0.945. The topological polar surface area (TPSA) is 64.5 Å². The lowest BCUT2D eigenvalue weighted by atomic mass is 10.0. The van der Waals surface area contributed by atoms with Crippen molar-refractivity contribution in [1.29, 1.82) is 0 Å². The molecule has 5 heteroatoms. The first-order chi connectivity index (χ1) is 8.43. The minimum absolute atomic E-state index is 0.272. The van der Waals surface area contributed by atoms with Gasteiger partial charge in [0.25, 0.3) is 0 Å². The molecule has 1 aromatic rings. The summed E-state index contributed by atoms with van der Waals surface area (Å²) >= 11 is 0. The molecule has 0 radical (unpaired) electrons. The quantitative estimate of drug-likeness (QED) is 0.801. The fourth-order valence-electron chi connectivity index (χ4n) is 0.974. The lowest BCUT2D eigenvalue weighted by Gasteiger charge is -2.25. The molecule has 0 fully saturated rings. The van der Waals surface area contributed by atoms with Crippen molar-refractivity contribution >= 4 is 0 Å². The molecule has 1 heterocycles. The molecule has 1 unspecified atom stereocenters. The second-order valence-corrected chi connectivity index (χ2v) is 4.32. The van der Waals surface area contributed by atoms with Gasteiger partial charge in [-0.15, -0.1) is 5.92 Å². The molecule has 1 aromatic heterocycles. The third-order valence-electron chi connectivity index (χ3n) is 2.38. The Morgan fingerprint density at radius 2 is 2.06 bits per heavy atom. The number of hydrogen-bond acceptors (Lipinski definition) is 5. The number of nitrogens with zero attached hydrogens (tertiary/aromatic N) is 2. The first-order valence-electron chi connectivity index (χ1n) is 5.67. The summed E-state index contributed by atoms with van der Waals surface area (Å²) in [5.74, 6) is 6.24. The van der Waals surface area contributed by atoms with Gasteiger partial charge in [-0.2, -0.15) is 0 Å². The number of hydrogen-bond donors (Lipinski definition) is 1. The summed E-state index contributed by atoms with van der Waals surface area (Å²) in [6, 6.07) is 1.57. The Labute approximate surface area is 107 Å². The van der Waals surface area contributed by atoms with Gasteiger partial charge in [0.2, 0.25) is 11.8 Å². The number of aliphatic hydroxyl groups is 1. The van der Waals surface area contributed by atoms with Crippen LogP contribution < -0.4 is 9.47 Å². The highest BCUT2D eigenvalue weighted by Crippen LogP contribution is 2.18. The minimum Gasteiger partial charge on any atom is -0.471 e. The largest absolute Gasteiger partial charge is 0.471 e. The highest BCUT2D eigenvalue weighted by atomic mass is 16.5. The molecular weight excluding hydrogens is 232 g/mol. The standard InChI is InChI=1S/C13H18N2O3/c1-5-6-7-17-11-8-12(15-9-14-11)18-10(2)13(3,4)16/h8-10,16H,7H2,1-4H3. The summed E-state index contributed by atoms with van der Waals surface area (Å²) in [6.07, 6.45) is 0.955. The van der Waals surface area contributed by atoms with Crippen LogP contribution in [0.25, 0.3) is 0 Å². The van der Waals surface area contributed by atoms with Gasteiger partial charge < -0.3 is 14.6 Å². The Kier molecular flexibility index (Phi) is 4.93. The molecule has 0 aliphatic rings. The SMILES string of the molecule is CC#CCOc1cc(OC(C)C(C)(C)O)ncn1. The molecule has 0 bridgehead atoms. The molecule has 1 N–H and O–H groups in total. The first kappa shape index (κ1) is 14.3. The minimum atomic E-state index is -0.945. The van der Waals surface area contributed by atoms with Gasteiger partial charge in [0, 0.05) is 0 Å². The highest BCUT2D eigenvalue weighted by Gasteiger charge is 2.24. The van der Waals surface area contributed by atoms with Crippen molar-refractivity contribution in [2.24, 2.45) is 0 Å². The zero-order valence-corrected chi connectivity index (χ0v) is 11.1. The van der Waals surface area contributed by atoms with Crippen LogP contribution in [0.4, 0.5) is 0 Å². The van der Waals surface area contributed by atoms with Crippen molar-refractivity contribution < 1.29 is 14.6 Å². The molecular formula is C13H18N2O3. The van der Waals surface area contributed by atoms with E-state index in [9.17, 15) is 5.11 Å². The Hall–Kier alpha value is -1.80. The molecule has 0 aliphatic heterocycles. The molecule has 0 saturated heterocycles. The molecule has 0 amide bonds. The lowest BCUT2D eigenvalue weighted by molar-refractivity contribution is -0.0261. The van der Waals surface area contributed by atoms with E-state index in [1.165, 1.54) is 6.33 Å². The van der Waals surface area contributed by atoms with Crippen LogP contribution in [-0.4, -0.2) is 33.4 Å². The Bertz CT molecular complexity index is 444. The van der Waals surface area contributed by atoms with Gasteiger partial charge in [-0.1, -0.05) is 5.92 Å². The molecule has 1 rings (SSSR count). The fraction of sp³-hybridized carbons (Fsp3) is 0.538. The fourth-order valence-corrected chi connectivity index (χ4v) is 0.974. The normalized spacial score (nSPS) is 12.3. The molecule has 0 spiro atoms. The van der Waals surface area contributed by atoms with Crippen LogP contribution in [0.1, 0.15) is 27.7 Å². The van der Waals surface area contributed by atoms with Crippen molar-refractivity contribution in [2.75, 3.05) is 6.61 Å². The van der Waals surface area contributed by atoms with Crippen molar-refractivity contribution in [2.45, 2.75) is 39.4 Å². The second-order valence-electron chi connectivity index (χ2n) is 4.32. The average Bonchev–Trinajstić information content (AvgIpc) is 2.28. The monoisotopic (exact) mass is 250 g/mol. The summed E-state index contributed by atoms with van der Waals surface area (Å²) in [5, 5.41) is 9.77. The molecule has 0 aromatic carbocycles. The van der Waals surface area contributed by atoms with Gasteiger partial charge in [0.1, 0.15) is 12.4 Å². The van der Waals surface area contributed by atoms with Crippen LogP contribution in [0.3, 0.4) is 0 Å². The van der Waals surface area contributed by atoms with Crippen LogP contribution in [-0.2, 0) is 0 Å². The van der Waals surface area contributed by atoms with E-state index in [2.05, 4.69) is 21.8 Å². The number of ether oxygens (including phenoxy) is 2. The van der Waals surface area contributed by atoms with E-state index in [-0.39, 0.29) is 6.61 Å². The molecule has 0 saturated carbocycles. The van der Waals surface area contributed by atoms with Gasteiger partial charge >= 0.3 is 0 Å². The smallest absolute Gasteiger partial charge is 0.221 e. The average molecular weight is 250 g/mol. The summed E-state index contributed by atoms with van der Waals surface area (Å²) in [4.78, 5) is 7.90. The maximum absolute atomic E-state index is 9.77. The zero-order chi connectivity index (χ0) is 13.6. The third-order valence-corrected chi connectivity index (χ3v) is 2.38. The van der Waals surface area contributed by atoms with E-state index in [0.717, 1.165) is 0 Å². The predicted molar refractivity (Wildman–Crippen MR) is 67.4 cm³/mol. The van der Waals surface area contributed by atoms with Gasteiger partial charge in [0.05, 0.1) is 11.7 Å². The van der Waals surface area contributed by atoms with Crippen LogP contribution in [0.5, 0.6) is 11.8 Å². The molecule has 18 heavy (non-hydrogen) atoms. The second kappa shape index (κ2) is 6.22. The van der Waals surface area contributed by atoms with Crippen molar-refractivity contribution in [3.05, 3.63) is 12.4 Å². The van der Waals surface area contributed by atoms with E-state index < -0.39 is 11.7 Å². The van der Waals surface area contributed by atoms with Gasteiger partial charge in [-0.05, 0) is 27.7 Å². The molecule has 5 nitrogen and oxygen atoms in total. The Morgan fingerprint density at radius 1 is 1.39 bits per heavy atom. The van der Waals surface area contributed by atoms with E-state index in [4.69, 9.17) is 9.47 Å². The summed E-state index contributed by atoms with van der Waals surface area (Å²) < 4.78 is 10.8.